The van der Waals surface area contributed by atoms with Gasteiger partial charge < -0.3 is 10.3 Å². The van der Waals surface area contributed by atoms with E-state index in [1.54, 1.807) is 0 Å². The second kappa shape index (κ2) is 4.63. The topological polar surface area (TPSA) is 40.7 Å². The minimum atomic E-state index is 0.937. The molecular formula is C16H14BrN3. The number of H-pyrrole nitrogens is 1. The van der Waals surface area contributed by atoms with Crippen LogP contribution in [0.2, 0.25) is 0 Å². The molecule has 2 heterocycles. The van der Waals surface area contributed by atoms with Crippen LogP contribution in [0.1, 0.15) is 12.0 Å². The van der Waals surface area contributed by atoms with Crippen LogP contribution >= 0.6 is 15.9 Å². The van der Waals surface area contributed by atoms with E-state index in [4.69, 9.17) is 0 Å². The normalized spacial score (nSPS) is 14.1. The van der Waals surface area contributed by atoms with Crippen molar-refractivity contribution in [3.63, 3.8) is 0 Å². The SMILES string of the molecule is Brc1ccc2nc(-c3ccc4c(c3)CCCN4)[nH]c2c1. The number of aromatic nitrogens is 2. The molecule has 4 heteroatoms. The summed E-state index contributed by atoms with van der Waals surface area (Å²) >= 11 is 3.49. The molecule has 0 saturated carbocycles. The van der Waals surface area contributed by atoms with Crippen LogP contribution in [0, 0.1) is 0 Å². The van der Waals surface area contributed by atoms with Crippen molar-refractivity contribution in [2.24, 2.45) is 0 Å². The van der Waals surface area contributed by atoms with Gasteiger partial charge in [-0.05, 0) is 54.8 Å². The summed E-state index contributed by atoms with van der Waals surface area (Å²) in [7, 11) is 0. The molecule has 1 aromatic heterocycles. The fourth-order valence-corrected chi connectivity index (χ4v) is 3.10. The van der Waals surface area contributed by atoms with Crippen molar-refractivity contribution in [1.29, 1.82) is 0 Å². The number of hydrogen-bond donors (Lipinski definition) is 2. The van der Waals surface area contributed by atoms with E-state index < -0.39 is 0 Å². The number of benzene rings is 2. The van der Waals surface area contributed by atoms with Crippen LogP contribution in [0.15, 0.2) is 40.9 Å². The van der Waals surface area contributed by atoms with Crippen molar-refractivity contribution < 1.29 is 0 Å². The van der Waals surface area contributed by atoms with Crippen LogP contribution in [0.5, 0.6) is 0 Å². The lowest BCUT2D eigenvalue weighted by atomic mass is 10.0. The summed E-state index contributed by atoms with van der Waals surface area (Å²) in [6, 6.07) is 12.6. The zero-order chi connectivity index (χ0) is 13.5. The second-order valence-corrected chi connectivity index (χ2v) is 6.06. The predicted molar refractivity (Wildman–Crippen MR) is 86.0 cm³/mol. The molecule has 2 N–H and O–H groups in total. The molecule has 0 saturated heterocycles. The van der Waals surface area contributed by atoms with E-state index >= 15 is 0 Å². The minimum Gasteiger partial charge on any atom is -0.385 e. The third-order valence-corrected chi connectivity index (χ3v) is 4.25. The highest BCUT2D eigenvalue weighted by Gasteiger charge is 2.11. The van der Waals surface area contributed by atoms with Gasteiger partial charge in [-0.1, -0.05) is 15.9 Å². The highest BCUT2D eigenvalue weighted by molar-refractivity contribution is 9.10. The van der Waals surface area contributed by atoms with Crippen LogP contribution in [0.3, 0.4) is 0 Å². The maximum atomic E-state index is 4.68. The number of nitrogens with one attached hydrogen (secondary N) is 2. The summed E-state index contributed by atoms with van der Waals surface area (Å²) in [5.41, 5.74) is 5.86. The number of halogens is 1. The first-order valence-corrected chi connectivity index (χ1v) is 7.61. The number of imidazole rings is 1. The Labute approximate surface area is 125 Å². The van der Waals surface area contributed by atoms with E-state index in [0.29, 0.717) is 0 Å². The van der Waals surface area contributed by atoms with Crippen molar-refractivity contribution in [2.45, 2.75) is 12.8 Å². The first-order chi connectivity index (χ1) is 9.79. The Balaban J connectivity index is 1.82. The number of fused-ring (bicyclic) bond motifs is 2. The molecule has 3 nitrogen and oxygen atoms in total. The van der Waals surface area contributed by atoms with Crippen LogP contribution in [0.25, 0.3) is 22.4 Å². The zero-order valence-electron chi connectivity index (χ0n) is 10.9. The monoisotopic (exact) mass is 327 g/mol. The number of aromatic amines is 1. The Kier molecular flexibility index (Phi) is 2.77. The molecule has 2 aromatic carbocycles. The van der Waals surface area contributed by atoms with Gasteiger partial charge in [0.1, 0.15) is 5.82 Å². The van der Waals surface area contributed by atoms with E-state index in [1.165, 1.54) is 17.7 Å². The summed E-state index contributed by atoms with van der Waals surface area (Å²) in [5.74, 6) is 0.937. The molecule has 1 aliphatic heterocycles. The molecular weight excluding hydrogens is 314 g/mol. The Morgan fingerprint density at radius 2 is 2.05 bits per heavy atom. The Bertz CT molecular complexity index is 792. The standard InChI is InChI=1S/C16H14BrN3/c17-12-4-6-14-15(9-12)20-16(19-14)11-3-5-13-10(8-11)2-1-7-18-13/h3-6,8-9,18H,1-2,7H2,(H,19,20). The molecule has 20 heavy (non-hydrogen) atoms. The zero-order valence-corrected chi connectivity index (χ0v) is 12.5. The van der Waals surface area contributed by atoms with E-state index in [1.807, 2.05) is 12.1 Å². The smallest absolute Gasteiger partial charge is 0.138 e. The van der Waals surface area contributed by atoms with Gasteiger partial charge in [0, 0.05) is 22.3 Å². The van der Waals surface area contributed by atoms with Crippen LogP contribution < -0.4 is 5.32 Å². The van der Waals surface area contributed by atoms with Crippen LogP contribution in [0.4, 0.5) is 5.69 Å². The Morgan fingerprint density at radius 3 is 3.00 bits per heavy atom. The van der Waals surface area contributed by atoms with Gasteiger partial charge in [0.05, 0.1) is 11.0 Å². The molecule has 100 valence electrons. The molecule has 0 fully saturated rings. The maximum Gasteiger partial charge on any atom is 0.138 e. The summed E-state index contributed by atoms with van der Waals surface area (Å²) in [4.78, 5) is 8.07. The molecule has 0 radical (unpaired) electrons. The highest BCUT2D eigenvalue weighted by Crippen LogP contribution is 2.28. The summed E-state index contributed by atoms with van der Waals surface area (Å²) in [6.45, 7) is 1.07. The van der Waals surface area contributed by atoms with Gasteiger partial charge in [0.2, 0.25) is 0 Å². The molecule has 0 unspecified atom stereocenters. The van der Waals surface area contributed by atoms with Crippen molar-refractivity contribution in [1.82, 2.24) is 9.97 Å². The Hall–Kier alpha value is -1.81. The van der Waals surface area contributed by atoms with Crippen molar-refractivity contribution >= 4 is 32.7 Å². The molecule has 4 rings (SSSR count). The summed E-state index contributed by atoms with van der Waals surface area (Å²) < 4.78 is 1.06. The lowest BCUT2D eigenvalue weighted by Gasteiger charge is -2.18. The van der Waals surface area contributed by atoms with Crippen molar-refractivity contribution in [3.8, 4) is 11.4 Å². The molecule has 0 amide bonds. The predicted octanol–water partition coefficient (Wildman–Crippen LogP) is 4.35. The van der Waals surface area contributed by atoms with E-state index in [0.717, 1.165) is 39.9 Å². The van der Waals surface area contributed by atoms with Crippen LogP contribution in [-0.2, 0) is 6.42 Å². The first kappa shape index (κ1) is 12.0. The second-order valence-electron chi connectivity index (χ2n) is 5.15. The van der Waals surface area contributed by atoms with Crippen molar-refractivity contribution in [3.05, 3.63) is 46.4 Å². The van der Waals surface area contributed by atoms with E-state index in [2.05, 4.69) is 55.5 Å². The molecule has 0 aliphatic carbocycles. The highest BCUT2D eigenvalue weighted by atomic mass is 79.9. The van der Waals surface area contributed by atoms with Gasteiger partial charge in [-0.3, -0.25) is 0 Å². The number of hydrogen-bond acceptors (Lipinski definition) is 2. The third kappa shape index (κ3) is 2.00. The van der Waals surface area contributed by atoms with Gasteiger partial charge in [-0.2, -0.15) is 0 Å². The van der Waals surface area contributed by atoms with Crippen LogP contribution in [-0.4, -0.2) is 16.5 Å². The van der Waals surface area contributed by atoms with E-state index in [9.17, 15) is 0 Å². The lowest BCUT2D eigenvalue weighted by Crippen LogP contribution is -2.11. The van der Waals surface area contributed by atoms with Gasteiger partial charge in [-0.15, -0.1) is 0 Å². The van der Waals surface area contributed by atoms with Gasteiger partial charge in [-0.25, -0.2) is 4.98 Å². The maximum absolute atomic E-state index is 4.68. The fraction of sp³-hybridized carbons (Fsp3) is 0.188. The largest absolute Gasteiger partial charge is 0.385 e. The van der Waals surface area contributed by atoms with Gasteiger partial charge >= 0.3 is 0 Å². The third-order valence-electron chi connectivity index (χ3n) is 3.76. The molecule has 3 aromatic rings. The fourth-order valence-electron chi connectivity index (χ4n) is 2.74. The summed E-state index contributed by atoms with van der Waals surface area (Å²) in [6.07, 6.45) is 2.34. The minimum absolute atomic E-state index is 0.937. The number of nitrogens with zero attached hydrogens (tertiary/aromatic N) is 1. The van der Waals surface area contributed by atoms with E-state index in [-0.39, 0.29) is 0 Å². The van der Waals surface area contributed by atoms with Gasteiger partial charge in [0.25, 0.3) is 0 Å². The van der Waals surface area contributed by atoms with Gasteiger partial charge in [0.15, 0.2) is 0 Å². The number of rotatable bonds is 1. The lowest BCUT2D eigenvalue weighted by molar-refractivity contribution is 0.830. The average Bonchev–Trinajstić information content (AvgIpc) is 2.89. The molecule has 1 aliphatic rings. The number of aryl methyl sites for hydroxylation is 1. The quantitative estimate of drug-likeness (QED) is 0.697. The first-order valence-electron chi connectivity index (χ1n) is 6.82. The summed E-state index contributed by atoms with van der Waals surface area (Å²) in [5, 5.41) is 3.44. The molecule has 0 atom stereocenters. The Morgan fingerprint density at radius 1 is 1.10 bits per heavy atom. The molecule has 0 spiro atoms. The average molecular weight is 328 g/mol. The number of anilines is 1. The van der Waals surface area contributed by atoms with Crippen molar-refractivity contribution in [2.75, 3.05) is 11.9 Å². The molecule has 0 bridgehead atoms.